The topological polar surface area (TPSA) is 88.0 Å². The van der Waals surface area contributed by atoms with Gasteiger partial charge in [0.05, 0.1) is 18.4 Å². The van der Waals surface area contributed by atoms with Crippen LogP contribution in [0.3, 0.4) is 0 Å². The molecule has 0 fully saturated rings. The lowest BCUT2D eigenvalue weighted by Gasteiger charge is -2.20. The molecular formula is C18H16F3N7O. The van der Waals surface area contributed by atoms with Crippen LogP contribution in [0.5, 0.6) is 0 Å². The second kappa shape index (κ2) is 7.41. The molecule has 3 heterocycles. The first kappa shape index (κ1) is 18.7. The number of fused-ring (bicyclic) bond motifs is 1. The van der Waals surface area contributed by atoms with Crippen LogP contribution in [0.1, 0.15) is 11.1 Å². The van der Waals surface area contributed by atoms with Gasteiger partial charge in [-0.1, -0.05) is 18.2 Å². The summed E-state index contributed by atoms with van der Waals surface area (Å²) in [5.74, 6) is -0.729. The summed E-state index contributed by atoms with van der Waals surface area (Å²) in [5.41, 5.74) is 3.16. The number of carbonyl (C=O) groups is 1. The fraction of sp³-hybridized carbons (Fsp3) is 0.222. The number of hydrazine groups is 1. The lowest BCUT2D eigenvalue weighted by Crippen LogP contribution is -2.34. The zero-order valence-electron chi connectivity index (χ0n) is 15.0. The van der Waals surface area contributed by atoms with Crippen LogP contribution in [0, 0.1) is 0 Å². The highest BCUT2D eigenvalue weighted by molar-refractivity contribution is 6.02. The average Bonchev–Trinajstić information content (AvgIpc) is 3.29. The summed E-state index contributed by atoms with van der Waals surface area (Å²) in [6, 6.07) is 7.13. The highest BCUT2D eigenvalue weighted by atomic mass is 19.4. The summed E-state index contributed by atoms with van der Waals surface area (Å²) >= 11 is 0. The van der Waals surface area contributed by atoms with E-state index >= 15 is 0 Å². The largest absolute Gasteiger partial charge is 0.421 e. The molecule has 4 rings (SSSR count). The molecule has 1 aromatic carbocycles. The van der Waals surface area contributed by atoms with Crippen LogP contribution in [0.2, 0.25) is 0 Å². The standard InChI is InChI=1S/C18H16F3N7O/c19-18(20,21)13-10-24-17(25-16(13)23-6-8-27-7-5-22-11-27)26-28-14-4-2-1-3-12(14)9-15(28)29/h1-5,7,10-11H,6,8-9H2,(H2,23,24,25,26). The van der Waals surface area contributed by atoms with E-state index in [0.717, 1.165) is 5.56 Å². The van der Waals surface area contributed by atoms with Gasteiger partial charge in [0.15, 0.2) is 0 Å². The van der Waals surface area contributed by atoms with Gasteiger partial charge in [-0.05, 0) is 11.6 Å². The molecule has 0 bridgehead atoms. The fourth-order valence-corrected chi connectivity index (χ4v) is 2.98. The second-order valence-electron chi connectivity index (χ2n) is 6.33. The molecule has 0 spiro atoms. The van der Waals surface area contributed by atoms with Crippen LogP contribution >= 0.6 is 0 Å². The summed E-state index contributed by atoms with van der Waals surface area (Å²) in [6.07, 6.45) is 1.12. The summed E-state index contributed by atoms with van der Waals surface area (Å²) < 4.78 is 41.7. The van der Waals surface area contributed by atoms with E-state index in [1.165, 1.54) is 5.01 Å². The summed E-state index contributed by atoms with van der Waals surface area (Å²) in [6.45, 7) is 0.601. The molecule has 11 heteroatoms. The highest BCUT2D eigenvalue weighted by Crippen LogP contribution is 2.34. The van der Waals surface area contributed by atoms with Crippen LogP contribution in [-0.2, 0) is 23.9 Å². The molecule has 2 aromatic heterocycles. The fourth-order valence-electron chi connectivity index (χ4n) is 2.98. The Balaban J connectivity index is 1.55. The minimum absolute atomic E-state index is 0.117. The third-order valence-electron chi connectivity index (χ3n) is 4.35. The lowest BCUT2D eigenvalue weighted by molar-refractivity contribution is -0.137. The Morgan fingerprint density at radius 1 is 1.21 bits per heavy atom. The number of nitrogens with zero attached hydrogens (tertiary/aromatic N) is 5. The van der Waals surface area contributed by atoms with Crippen molar-refractivity contribution in [3.8, 4) is 0 Å². The maximum absolute atomic E-state index is 13.3. The van der Waals surface area contributed by atoms with Crippen molar-refractivity contribution in [1.29, 1.82) is 0 Å². The third-order valence-corrected chi connectivity index (χ3v) is 4.35. The smallest absolute Gasteiger partial charge is 0.368 e. The second-order valence-corrected chi connectivity index (χ2v) is 6.33. The summed E-state index contributed by atoms with van der Waals surface area (Å²) in [5, 5.41) is 3.93. The molecule has 0 unspecified atom stereocenters. The molecule has 2 N–H and O–H groups in total. The number of halogens is 3. The maximum atomic E-state index is 13.3. The van der Waals surface area contributed by atoms with Crippen LogP contribution in [0.4, 0.5) is 30.6 Å². The number of para-hydroxylation sites is 1. The number of amides is 1. The van der Waals surface area contributed by atoms with E-state index in [-0.39, 0.29) is 30.6 Å². The Kier molecular flexibility index (Phi) is 4.79. The van der Waals surface area contributed by atoms with Gasteiger partial charge in [-0.25, -0.2) is 15.0 Å². The van der Waals surface area contributed by atoms with Crippen molar-refractivity contribution in [2.24, 2.45) is 0 Å². The van der Waals surface area contributed by atoms with Crippen molar-refractivity contribution < 1.29 is 18.0 Å². The molecule has 0 saturated heterocycles. The van der Waals surface area contributed by atoms with Gasteiger partial charge >= 0.3 is 6.18 Å². The number of hydrogen-bond acceptors (Lipinski definition) is 6. The van der Waals surface area contributed by atoms with Gasteiger partial charge in [0.1, 0.15) is 11.4 Å². The Hall–Kier alpha value is -3.63. The molecule has 1 aliphatic rings. The van der Waals surface area contributed by atoms with E-state index in [1.807, 2.05) is 12.1 Å². The van der Waals surface area contributed by atoms with Crippen LogP contribution in [0.15, 0.2) is 49.2 Å². The summed E-state index contributed by atoms with van der Waals surface area (Å²) in [7, 11) is 0. The van der Waals surface area contributed by atoms with E-state index in [0.29, 0.717) is 18.4 Å². The number of rotatable bonds is 6. The van der Waals surface area contributed by atoms with Gasteiger partial charge in [-0.15, -0.1) is 0 Å². The van der Waals surface area contributed by atoms with Crippen LogP contribution in [0.25, 0.3) is 0 Å². The van der Waals surface area contributed by atoms with Crippen molar-refractivity contribution in [2.75, 3.05) is 22.3 Å². The van der Waals surface area contributed by atoms with Crippen molar-refractivity contribution >= 4 is 23.4 Å². The predicted molar refractivity (Wildman–Crippen MR) is 99.0 cm³/mol. The minimum Gasteiger partial charge on any atom is -0.368 e. The van der Waals surface area contributed by atoms with E-state index < -0.39 is 11.7 Å². The predicted octanol–water partition coefficient (Wildman–Crippen LogP) is 2.72. The van der Waals surface area contributed by atoms with Crippen molar-refractivity contribution in [3.63, 3.8) is 0 Å². The molecule has 1 amide bonds. The van der Waals surface area contributed by atoms with E-state index in [9.17, 15) is 18.0 Å². The molecule has 0 radical (unpaired) electrons. The Morgan fingerprint density at radius 2 is 2.03 bits per heavy atom. The molecule has 0 saturated carbocycles. The van der Waals surface area contributed by atoms with Gasteiger partial charge < -0.3 is 9.88 Å². The summed E-state index contributed by atoms with van der Waals surface area (Å²) in [4.78, 5) is 23.8. The number of imidazole rings is 1. The van der Waals surface area contributed by atoms with Crippen LogP contribution < -0.4 is 15.8 Å². The normalized spacial score (nSPS) is 13.5. The number of hydrogen-bond donors (Lipinski definition) is 2. The average molecular weight is 403 g/mol. The number of anilines is 3. The number of benzene rings is 1. The first-order valence-electron chi connectivity index (χ1n) is 8.73. The van der Waals surface area contributed by atoms with Crippen molar-refractivity contribution in [1.82, 2.24) is 19.5 Å². The third kappa shape index (κ3) is 3.98. The van der Waals surface area contributed by atoms with Gasteiger partial charge in [0, 0.05) is 31.7 Å². The lowest BCUT2D eigenvalue weighted by atomic mass is 10.2. The van der Waals surface area contributed by atoms with E-state index in [2.05, 4.69) is 25.7 Å². The Morgan fingerprint density at radius 3 is 2.79 bits per heavy atom. The molecule has 150 valence electrons. The monoisotopic (exact) mass is 403 g/mol. The molecular weight excluding hydrogens is 387 g/mol. The minimum atomic E-state index is -4.62. The zero-order valence-corrected chi connectivity index (χ0v) is 15.0. The maximum Gasteiger partial charge on any atom is 0.421 e. The Labute approximate surface area is 163 Å². The quantitative estimate of drug-likeness (QED) is 0.658. The molecule has 0 aliphatic carbocycles. The zero-order chi connectivity index (χ0) is 20.4. The molecule has 29 heavy (non-hydrogen) atoms. The van der Waals surface area contributed by atoms with Crippen LogP contribution in [-0.4, -0.2) is 32.0 Å². The first-order valence-corrected chi connectivity index (χ1v) is 8.73. The number of aromatic nitrogens is 4. The number of carbonyl (C=O) groups excluding carboxylic acids is 1. The first-order chi connectivity index (χ1) is 13.9. The molecule has 8 nitrogen and oxygen atoms in total. The van der Waals surface area contributed by atoms with Gasteiger partial charge in [0.25, 0.3) is 0 Å². The van der Waals surface area contributed by atoms with Gasteiger partial charge in [-0.3, -0.25) is 10.2 Å². The van der Waals surface area contributed by atoms with E-state index in [1.54, 1.807) is 35.4 Å². The van der Waals surface area contributed by atoms with Crippen molar-refractivity contribution in [2.45, 2.75) is 19.1 Å². The van der Waals surface area contributed by atoms with Gasteiger partial charge in [-0.2, -0.15) is 18.2 Å². The highest BCUT2D eigenvalue weighted by Gasteiger charge is 2.35. The van der Waals surface area contributed by atoms with Gasteiger partial charge in [0.2, 0.25) is 11.9 Å². The molecule has 1 aliphatic heterocycles. The number of alkyl halides is 3. The molecule has 3 aromatic rings. The Bertz CT molecular complexity index is 1020. The van der Waals surface area contributed by atoms with Crippen molar-refractivity contribution in [3.05, 3.63) is 60.3 Å². The van der Waals surface area contributed by atoms with E-state index in [4.69, 9.17) is 0 Å². The SMILES string of the molecule is O=C1Cc2ccccc2N1Nc1ncc(C(F)(F)F)c(NCCn2ccnc2)n1. The number of nitrogens with one attached hydrogen (secondary N) is 2. The molecule has 0 atom stereocenters.